The lowest BCUT2D eigenvalue weighted by Gasteiger charge is -2.14. The zero-order chi connectivity index (χ0) is 11.0. The number of nitrogens with two attached hydrogens (primary N) is 1. The highest BCUT2D eigenvalue weighted by molar-refractivity contribution is 7.99. The first-order valence-electron chi connectivity index (χ1n) is 4.93. The van der Waals surface area contributed by atoms with Crippen LogP contribution < -0.4 is 5.73 Å². The van der Waals surface area contributed by atoms with Gasteiger partial charge in [0, 0.05) is 28.2 Å². The van der Waals surface area contributed by atoms with Gasteiger partial charge >= 0.3 is 0 Å². The molecule has 15 heavy (non-hydrogen) atoms. The second-order valence-electron chi connectivity index (χ2n) is 3.89. The van der Waals surface area contributed by atoms with Crippen LogP contribution in [0.4, 0.5) is 8.78 Å². The summed E-state index contributed by atoms with van der Waals surface area (Å²) in [7, 11) is 0. The number of thioether (sulfide) groups is 1. The summed E-state index contributed by atoms with van der Waals surface area (Å²) in [6.45, 7) is 2.03. The van der Waals surface area contributed by atoms with Gasteiger partial charge in [-0.3, -0.25) is 0 Å². The van der Waals surface area contributed by atoms with E-state index in [0.717, 1.165) is 6.07 Å². The Labute approximate surface area is 92.0 Å². The zero-order valence-corrected chi connectivity index (χ0v) is 9.28. The average molecular weight is 229 g/mol. The molecule has 1 nitrogen and oxygen atoms in total. The third-order valence-electron chi connectivity index (χ3n) is 2.72. The summed E-state index contributed by atoms with van der Waals surface area (Å²) in [5.41, 5.74) is 6.70. The minimum atomic E-state index is -0.388. The van der Waals surface area contributed by atoms with E-state index in [9.17, 15) is 8.78 Å². The van der Waals surface area contributed by atoms with Crippen molar-refractivity contribution in [3.8, 4) is 0 Å². The van der Waals surface area contributed by atoms with Crippen molar-refractivity contribution in [2.24, 2.45) is 5.73 Å². The van der Waals surface area contributed by atoms with Gasteiger partial charge in [0.2, 0.25) is 0 Å². The lowest BCUT2D eigenvalue weighted by Crippen LogP contribution is -2.16. The molecule has 2 rings (SSSR count). The normalized spacial score (nSPS) is 25.9. The molecule has 0 spiro atoms. The number of fused-ring (bicyclic) bond motifs is 1. The number of hydrogen-bond acceptors (Lipinski definition) is 2. The standard InChI is InChI=1S/C11H13F2NS/c1-6-4-10(14)11-7(5-15-6)8(12)2-3-9(11)13/h2-3,6,10H,4-5,14H2,1H3/t6?,10-/m0/s1. The van der Waals surface area contributed by atoms with E-state index in [2.05, 4.69) is 0 Å². The monoisotopic (exact) mass is 229 g/mol. The van der Waals surface area contributed by atoms with Gasteiger partial charge in [0.15, 0.2) is 0 Å². The molecule has 0 fully saturated rings. The van der Waals surface area contributed by atoms with Crippen LogP contribution in [-0.2, 0) is 5.75 Å². The summed E-state index contributed by atoms with van der Waals surface area (Å²) in [6, 6.07) is 1.95. The van der Waals surface area contributed by atoms with Crippen LogP contribution in [-0.4, -0.2) is 5.25 Å². The molecule has 1 heterocycles. The highest BCUT2D eigenvalue weighted by Crippen LogP contribution is 2.35. The molecule has 2 atom stereocenters. The fourth-order valence-electron chi connectivity index (χ4n) is 1.93. The van der Waals surface area contributed by atoms with E-state index in [-0.39, 0.29) is 17.7 Å². The summed E-state index contributed by atoms with van der Waals surface area (Å²) < 4.78 is 27.1. The van der Waals surface area contributed by atoms with Gasteiger partial charge in [0.05, 0.1) is 0 Å². The second kappa shape index (κ2) is 4.10. The number of halogens is 2. The number of hydrogen-bond donors (Lipinski definition) is 1. The van der Waals surface area contributed by atoms with Crippen molar-refractivity contribution >= 4 is 11.8 Å². The van der Waals surface area contributed by atoms with Crippen LogP contribution in [0.15, 0.2) is 12.1 Å². The molecule has 0 radical (unpaired) electrons. The van der Waals surface area contributed by atoms with E-state index in [4.69, 9.17) is 5.73 Å². The van der Waals surface area contributed by atoms with E-state index in [0.29, 0.717) is 28.6 Å². The van der Waals surface area contributed by atoms with Crippen LogP contribution in [0.2, 0.25) is 0 Å². The molecule has 1 aliphatic heterocycles. The van der Waals surface area contributed by atoms with Gasteiger partial charge in [0.25, 0.3) is 0 Å². The van der Waals surface area contributed by atoms with Gasteiger partial charge in [-0.15, -0.1) is 0 Å². The van der Waals surface area contributed by atoms with Crippen LogP contribution >= 0.6 is 11.8 Å². The molecule has 1 aliphatic rings. The first kappa shape index (κ1) is 10.9. The molecule has 1 unspecified atom stereocenters. The molecule has 0 saturated heterocycles. The molecule has 4 heteroatoms. The number of rotatable bonds is 0. The quantitative estimate of drug-likeness (QED) is 0.740. The highest BCUT2D eigenvalue weighted by Gasteiger charge is 2.25. The Balaban J connectivity index is 2.52. The molecule has 1 aromatic rings. The Morgan fingerprint density at radius 2 is 2.00 bits per heavy atom. The van der Waals surface area contributed by atoms with E-state index in [1.165, 1.54) is 6.07 Å². The Kier molecular flexibility index (Phi) is 2.98. The minimum absolute atomic E-state index is 0.339. The van der Waals surface area contributed by atoms with Crippen molar-refractivity contribution in [2.45, 2.75) is 30.4 Å². The summed E-state index contributed by atoms with van der Waals surface area (Å²) in [5.74, 6) is -0.217. The topological polar surface area (TPSA) is 26.0 Å². The fraction of sp³-hybridized carbons (Fsp3) is 0.455. The van der Waals surface area contributed by atoms with Crippen molar-refractivity contribution in [3.05, 3.63) is 34.9 Å². The number of benzene rings is 1. The summed E-state index contributed by atoms with van der Waals surface area (Å²) in [6.07, 6.45) is 0.693. The zero-order valence-electron chi connectivity index (χ0n) is 8.47. The van der Waals surface area contributed by atoms with Crippen LogP contribution in [0, 0.1) is 11.6 Å². The predicted molar refractivity (Wildman–Crippen MR) is 58.7 cm³/mol. The molecule has 0 aromatic heterocycles. The van der Waals surface area contributed by atoms with Gasteiger partial charge in [-0.05, 0) is 18.6 Å². The Hall–Kier alpha value is -0.610. The van der Waals surface area contributed by atoms with E-state index < -0.39 is 0 Å². The van der Waals surface area contributed by atoms with Gasteiger partial charge in [-0.2, -0.15) is 11.8 Å². The molecule has 82 valence electrons. The lowest BCUT2D eigenvalue weighted by molar-refractivity contribution is 0.544. The van der Waals surface area contributed by atoms with Crippen LogP contribution in [0.1, 0.15) is 30.5 Å². The van der Waals surface area contributed by atoms with Crippen LogP contribution in [0.3, 0.4) is 0 Å². The van der Waals surface area contributed by atoms with Crippen molar-refractivity contribution in [3.63, 3.8) is 0 Å². The maximum atomic E-state index is 13.6. The third-order valence-corrected chi connectivity index (χ3v) is 3.93. The Bertz CT molecular complexity index is 381. The first-order valence-corrected chi connectivity index (χ1v) is 5.98. The smallest absolute Gasteiger partial charge is 0.128 e. The van der Waals surface area contributed by atoms with Gasteiger partial charge in [-0.25, -0.2) is 8.78 Å². The second-order valence-corrected chi connectivity index (χ2v) is 5.31. The molecule has 0 bridgehead atoms. The Morgan fingerprint density at radius 1 is 1.33 bits per heavy atom. The maximum Gasteiger partial charge on any atom is 0.128 e. The van der Waals surface area contributed by atoms with Gasteiger partial charge < -0.3 is 5.73 Å². The largest absolute Gasteiger partial charge is 0.324 e. The van der Waals surface area contributed by atoms with Crippen molar-refractivity contribution in [2.75, 3.05) is 0 Å². The van der Waals surface area contributed by atoms with Crippen molar-refractivity contribution in [1.29, 1.82) is 0 Å². The average Bonchev–Trinajstić information content (AvgIpc) is 2.32. The minimum Gasteiger partial charge on any atom is -0.324 e. The van der Waals surface area contributed by atoms with Crippen molar-refractivity contribution < 1.29 is 8.78 Å². The summed E-state index contributed by atoms with van der Waals surface area (Å²) in [4.78, 5) is 0. The van der Waals surface area contributed by atoms with E-state index in [1.54, 1.807) is 11.8 Å². The van der Waals surface area contributed by atoms with Crippen LogP contribution in [0.25, 0.3) is 0 Å². The van der Waals surface area contributed by atoms with E-state index >= 15 is 0 Å². The van der Waals surface area contributed by atoms with Gasteiger partial charge in [-0.1, -0.05) is 6.92 Å². The lowest BCUT2D eigenvalue weighted by atomic mass is 9.97. The molecular formula is C11H13F2NS. The SMILES string of the molecule is CC1C[C@H](N)c2c(F)ccc(F)c2CS1. The van der Waals surface area contributed by atoms with Crippen LogP contribution in [0.5, 0.6) is 0 Å². The highest BCUT2D eigenvalue weighted by atomic mass is 32.2. The molecule has 0 aliphatic carbocycles. The summed E-state index contributed by atoms with van der Waals surface area (Å²) >= 11 is 1.62. The molecule has 0 saturated carbocycles. The molecule has 0 amide bonds. The van der Waals surface area contributed by atoms with E-state index in [1.807, 2.05) is 6.92 Å². The van der Waals surface area contributed by atoms with Crippen molar-refractivity contribution in [1.82, 2.24) is 0 Å². The Morgan fingerprint density at radius 3 is 2.73 bits per heavy atom. The van der Waals surface area contributed by atoms with Gasteiger partial charge in [0.1, 0.15) is 11.6 Å². The summed E-state index contributed by atoms with van der Waals surface area (Å²) in [5, 5.41) is 0.339. The fourth-order valence-corrected chi connectivity index (χ4v) is 3.01. The first-order chi connectivity index (χ1) is 7.09. The predicted octanol–water partition coefficient (Wildman–Crippen LogP) is 2.99. The maximum absolute atomic E-state index is 13.6. The third kappa shape index (κ3) is 2.01. The molecule has 2 N–H and O–H groups in total. The molecular weight excluding hydrogens is 216 g/mol. The molecule has 1 aromatic carbocycles.